The van der Waals surface area contributed by atoms with Gasteiger partial charge in [0.2, 0.25) is 5.91 Å². The van der Waals surface area contributed by atoms with Crippen LogP contribution < -0.4 is 10.2 Å². The topological polar surface area (TPSA) is 82.6 Å². The third-order valence-electron chi connectivity index (χ3n) is 4.61. The number of fused-ring (bicyclic) bond motifs is 1. The van der Waals surface area contributed by atoms with Gasteiger partial charge in [0, 0.05) is 14.1 Å². The number of carbonyl (C=O) groups is 3. The molecule has 0 spiro atoms. The average molecular weight is 380 g/mol. The molecule has 1 atom stereocenters. The van der Waals surface area contributed by atoms with Crippen molar-refractivity contribution in [1.29, 1.82) is 0 Å². The van der Waals surface area contributed by atoms with Gasteiger partial charge >= 0.3 is 0 Å². The summed E-state index contributed by atoms with van der Waals surface area (Å²) in [5, 5.41) is 2.79. The van der Waals surface area contributed by atoms with Crippen LogP contribution >= 0.6 is 0 Å². The summed E-state index contributed by atoms with van der Waals surface area (Å²) in [7, 11) is 3.75. The zero-order valence-corrected chi connectivity index (χ0v) is 16.5. The molecule has 7 heteroatoms. The van der Waals surface area contributed by atoms with Gasteiger partial charge in [-0.15, -0.1) is 0 Å². The van der Waals surface area contributed by atoms with Gasteiger partial charge < -0.3 is 10.2 Å². The number of hydrogen-bond donors (Lipinski definition) is 1. The lowest BCUT2D eigenvalue weighted by atomic mass is 10.0. The second kappa shape index (κ2) is 7.80. The number of aromatic nitrogens is 1. The lowest BCUT2D eigenvalue weighted by molar-refractivity contribution is -0.120. The number of imide groups is 1. The number of rotatable bonds is 6. The summed E-state index contributed by atoms with van der Waals surface area (Å²) in [6.45, 7) is 3.90. The Hall–Kier alpha value is -3.22. The summed E-state index contributed by atoms with van der Waals surface area (Å²) < 4.78 is 0. The van der Waals surface area contributed by atoms with E-state index in [1.54, 1.807) is 42.6 Å². The maximum atomic E-state index is 13.0. The summed E-state index contributed by atoms with van der Waals surface area (Å²) in [5.74, 6) is -0.376. The van der Waals surface area contributed by atoms with Crippen LogP contribution in [0.5, 0.6) is 0 Å². The van der Waals surface area contributed by atoms with Crippen LogP contribution in [0.25, 0.3) is 0 Å². The van der Waals surface area contributed by atoms with Gasteiger partial charge in [-0.05, 0) is 36.6 Å². The molecule has 1 aliphatic heterocycles. The van der Waals surface area contributed by atoms with Gasteiger partial charge in [-0.2, -0.15) is 0 Å². The molecule has 3 amide bonds. The molecule has 0 fully saturated rings. The molecule has 28 heavy (non-hydrogen) atoms. The zero-order valence-electron chi connectivity index (χ0n) is 16.5. The molecule has 3 rings (SSSR count). The Labute approximate surface area is 164 Å². The van der Waals surface area contributed by atoms with Crippen molar-refractivity contribution >= 4 is 29.2 Å². The minimum atomic E-state index is -0.888. The fourth-order valence-electron chi connectivity index (χ4n) is 3.22. The summed E-state index contributed by atoms with van der Waals surface area (Å²) >= 11 is 0. The molecule has 0 saturated heterocycles. The lowest BCUT2D eigenvalue weighted by Crippen LogP contribution is -2.47. The van der Waals surface area contributed by atoms with E-state index in [1.165, 1.54) is 0 Å². The van der Waals surface area contributed by atoms with E-state index in [-0.39, 0.29) is 5.92 Å². The highest BCUT2D eigenvalue weighted by Gasteiger charge is 2.42. The SMILES string of the molecule is CC(C)C[C@H](C(=O)Nc1ccc(N(C)C)nc1)N1C(=O)c2ccccc2C1=O. The maximum Gasteiger partial charge on any atom is 0.262 e. The molecule has 146 valence electrons. The highest BCUT2D eigenvalue weighted by molar-refractivity contribution is 6.23. The molecule has 0 aliphatic carbocycles. The van der Waals surface area contributed by atoms with E-state index in [9.17, 15) is 14.4 Å². The molecule has 7 nitrogen and oxygen atoms in total. The first-order chi connectivity index (χ1) is 13.3. The number of anilines is 2. The Balaban J connectivity index is 1.85. The van der Waals surface area contributed by atoms with Crippen LogP contribution in [0.1, 0.15) is 41.0 Å². The van der Waals surface area contributed by atoms with Crippen molar-refractivity contribution in [2.24, 2.45) is 5.92 Å². The van der Waals surface area contributed by atoms with Gasteiger partial charge in [-0.3, -0.25) is 19.3 Å². The fraction of sp³-hybridized carbons (Fsp3) is 0.333. The second-order valence-corrected chi connectivity index (χ2v) is 7.46. The third-order valence-corrected chi connectivity index (χ3v) is 4.61. The molecule has 1 aromatic heterocycles. The predicted molar refractivity (Wildman–Crippen MR) is 107 cm³/mol. The molecule has 0 bridgehead atoms. The van der Waals surface area contributed by atoms with Gasteiger partial charge in [0.15, 0.2) is 0 Å². The highest BCUT2D eigenvalue weighted by Crippen LogP contribution is 2.27. The van der Waals surface area contributed by atoms with E-state index in [0.717, 1.165) is 10.7 Å². The van der Waals surface area contributed by atoms with E-state index in [1.807, 2.05) is 32.8 Å². The van der Waals surface area contributed by atoms with Crippen LogP contribution in [-0.4, -0.2) is 47.7 Å². The number of pyridine rings is 1. The molecule has 1 aliphatic rings. The maximum absolute atomic E-state index is 13.0. The molecular formula is C21H24N4O3. The van der Waals surface area contributed by atoms with Crippen molar-refractivity contribution in [3.63, 3.8) is 0 Å². The summed E-state index contributed by atoms with van der Waals surface area (Å²) in [5.41, 5.74) is 1.19. The van der Waals surface area contributed by atoms with Crippen molar-refractivity contribution in [3.8, 4) is 0 Å². The van der Waals surface area contributed by atoms with Gasteiger partial charge in [0.05, 0.1) is 23.0 Å². The largest absolute Gasteiger partial charge is 0.363 e. The Bertz CT molecular complexity index is 871. The van der Waals surface area contributed by atoms with Crippen molar-refractivity contribution in [2.45, 2.75) is 26.3 Å². The van der Waals surface area contributed by atoms with E-state index < -0.39 is 23.8 Å². The molecular weight excluding hydrogens is 356 g/mol. The summed E-state index contributed by atoms with van der Waals surface area (Å²) in [6.07, 6.45) is 1.93. The Morgan fingerprint density at radius 2 is 1.68 bits per heavy atom. The Morgan fingerprint density at radius 3 is 2.14 bits per heavy atom. The van der Waals surface area contributed by atoms with Gasteiger partial charge in [-0.1, -0.05) is 26.0 Å². The van der Waals surface area contributed by atoms with E-state index in [2.05, 4.69) is 10.3 Å². The van der Waals surface area contributed by atoms with E-state index in [4.69, 9.17) is 0 Å². The second-order valence-electron chi connectivity index (χ2n) is 7.46. The number of nitrogens with one attached hydrogen (secondary N) is 1. The molecule has 2 heterocycles. The van der Waals surface area contributed by atoms with Crippen LogP contribution in [0.2, 0.25) is 0 Å². The minimum Gasteiger partial charge on any atom is -0.363 e. The number of nitrogens with zero attached hydrogens (tertiary/aromatic N) is 3. The third kappa shape index (κ3) is 3.74. The Kier molecular flexibility index (Phi) is 5.44. The number of carbonyl (C=O) groups excluding carboxylic acids is 3. The Morgan fingerprint density at radius 1 is 1.07 bits per heavy atom. The normalized spacial score (nSPS) is 14.2. The van der Waals surface area contributed by atoms with Crippen LogP contribution in [-0.2, 0) is 4.79 Å². The monoisotopic (exact) mass is 380 g/mol. The quantitative estimate of drug-likeness (QED) is 0.779. The van der Waals surface area contributed by atoms with Gasteiger partial charge in [0.25, 0.3) is 11.8 Å². The standard InChI is InChI=1S/C21H24N4O3/c1-13(2)11-17(19(26)23-14-9-10-18(22-12-14)24(3)4)25-20(27)15-7-5-6-8-16(15)21(25)28/h5-10,12-13,17H,11H2,1-4H3,(H,23,26)/t17-/m1/s1. The van der Waals surface area contributed by atoms with Crippen LogP contribution in [0.4, 0.5) is 11.5 Å². The van der Waals surface area contributed by atoms with Crippen LogP contribution in [0.15, 0.2) is 42.6 Å². The lowest BCUT2D eigenvalue weighted by Gasteiger charge is -2.26. The molecule has 0 radical (unpaired) electrons. The van der Waals surface area contributed by atoms with Crippen molar-refractivity contribution in [1.82, 2.24) is 9.88 Å². The van der Waals surface area contributed by atoms with E-state index >= 15 is 0 Å². The van der Waals surface area contributed by atoms with Crippen molar-refractivity contribution < 1.29 is 14.4 Å². The number of hydrogen-bond acceptors (Lipinski definition) is 5. The molecule has 1 aromatic carbocycles. The van der Waals surface area contributed by atoms with Crippen LogP contribution in [0, 0.1) is 5.92 Å². The highest BCUT2D eigenvalue weighted by atomic mass is 16.2. The molecule has 2 aromatic rings. The van der Waals surface area contributed by atoms with Crippen LogP contribution in [0.3, 0.4) is 0 Å². The number of amides is 3. The predicted octanol–water partition coefficient (Wildman–Crippen LogP) is 2.80. The average Bonchev–Trinajstić information content (AvgIpc) is 2.91. The first-order valence-electron chi connectivity index (χ1n) is 9.20. The first kappa shape index (κ1) is 19.5. The smallest absolute Gasteiger partial charge is 0.262 e. The zero-order chi connectivity index (χ0) is 20.4. The summed E-state index contributed by atoms with van der Waals surface area (Å²) in [4.78, 5) is 45.8. The molecule has 1 N–H and O–H groups in total. The first-order valence-corrected chi connectivity index (χ1v) is 9.20. The minimum absolute atomic E-state index is 0.120. The van der Waals surface area contributed by atoms with Gasteiger partial charge in [0.1, 0.15) is 11.9 Å². The molecule has 0 saturated carbocycles. The summed E-state index contributed by atoms with van der Waals surface area (Å²) in [6, 6.07) is 9.30. The van der Waals surface area contributed by atoms with Crippen molar-refractivity contribution in [2.75, 3.05) is 24.3 Å². The van der Waals surface area contributed by atoms with Gasteiger partial charge in [-0.25, -0.2) is 4.98 Å². The van der Waals surface area contributed by atoms with Crippen molar-refractivity contribution in [3.05, 3.63) is 53.7 Å². The number of benzene rings is 1. The molecule has 0 unspecified atom stereocenters. The van der Waals surface area contributed by atoms with E-state index in [0.29, 0.717) is 23.2 Å². The fourth-order valence-corrected chi connectivity index (χ4v) is 3.22.